The number of non-ortho nitro benzene ring substituents is 1. The molecular weight excluding hydrogens is 388 g/mol. The molecule has 3 rings (SSSR count). The number of sulfonamides is 1. The van der Waals surface area contributed by atoms with Gasteiger partial charge in [-0.1, -0.05) is 48.5 Å². The van der Waals surface area contributed by atoms with Gasteiger partial charge in [0.25, 0.3) is 15.7 Å². The van der Waals surface area contributed by atoms with E-state index in [-0.39, 0.29) is 10.6 Å². The summed E-state index contributed by atoms with van der Waals surface area (Å²) in [6, 6.07) is 25.2. The molecule has 7 heteroatoms. The second-order valence-corrected chi connectivity index (χ2v) is 8.06. The SMILES string of the molecule is CC(c1ccccc1)N(C#Cc1ccccc1)S(=O)(=O)c1ccc([N+](=O)[O-])cc1. The molecule has 0 aliphatic rings. The Morgan fingerprint density at radius 2 is 1.45 bits per heavy atom. The van der Waals surface area contributed by atoms with Crippen molar-refractivity contribution >= 4 is 15.7 Å². The van der Waals surface area contributed by atoms with Crippen molar-refractivity contribution in [3.8, 4) is 12.0 Å². The molecule has 6 nitrogen and oxygen atoms in total. The Labute approximate surface area is 169 Å². The van der Waals surface area contributed by atoms with Crippen LogP contribution in [0.2, 0.25) is 0 Å². The highest BCUT2D eigenvalue weighted by Crippen LogP contribution is 2.27. The Bertz CT molecular complexity index is 1150. The summed E-state index contributed by atoms with van der Waals surface area (Å²) in [7, 11) is -4.02. The molecule has 0 N–H and O–H groups in total. The quantitative estimate of drug-likeness (QED) is 0.273. The number of nitro groups is 1. The van der Waals surface area contributed by atoms with Gasteiger partial charge in [-0.05, 0) is 42.7 Å². The van der Waals surface area contributed by atoms with Crippen molar-refractivity contribution in [2.45, 2.75) is 17.9 Å². The van der Waals surface area contributed by atoms with E-state index >= 15 is 0 Å². The molecule has 0 heterocycles. The Morgan fingerprint density at radius 3 is 2.00 bits per heavy atom. The molecular formula is C22H18N2O4S. The molecule has 0 radical (unpaired) electrons. The zero-order valence-corrected chi connectivity index (χ0v) is 16.4. The molecule has 0 aromatic heterocycles. The van der Waals surface area contributed by atoms with Gasteiger partial charge in [0.15, 0.2) is 0 Å². The first-order chi connectivity index (χ1) is 13.9. The molecule has 1 atom stereocenters. The second kappa shape index (κ2) is 8.59. The minimum Gasteiger partial charge on any atom is -0.258 e. The molecule has 29 heavy (non-hydrogen) atoms. The van der Waals surface area contributed by atoms with Gasteiger partial charge in [-0.2, -0.15) is 0 Å². The molecule has 146 valence electrons. The summed E-state index contributed by atoms with van der Waals surface area (Å²) in [6.07, 6.45) is 0. The Hall–Kier alpha value is -3.63. The molecule has 3 aromatic rings. The van der Waals surface area contributed by atoms with Gasteiger partial charge >= 0.3 is 0 Å². The predicted octanol–water partition coefficient (Wildman–Crippen LogP) is 4.36. The maximum atomic E-state index is 13.3. The minimum absolute atomic E-state index is 0.0618. The van der Waals surface area contributed by atoms with Crippen LogP contribution in [0.15, 0.2) is 89.8 Å². The van der Waals surface area contributed by atoms with E-state index in [0.29, 0.717) is 5.56 Å². The largest absolute Gasteiger partial charge is 0.271 e. The molecule has 0 fully saturated rings. The fourth-order valence-corrected chi connectivity index (χ4v) is 4.14. The van der Waals surface area contributed by atoms with Crippen LogP contribution in [0.25, 0.3) is 0 Å². The van der Waals surface area contributed by atoms with Crippen molar-refractivity contribution in [1.82, 2.24) is 4.31 Å². The van der Waals surface area contributed by atoms with Gasteiger partial charge in [-0.3, -0.25) is 10.1 Å². The Kier molecular flexibility index (Phi) is 5.96. The van der Waals surface area contributed by atoms with Crippen LogP contribution in [-0.4, -0.2) is 17.6 Å². The minimum atomic E-state index is -4.02. The normalized spacial score (nSPS) is 11.8. The van der Waals surface area contributed by atoms with Crippen LogP contribution in [0.1, 0.15) is 24.1 Å². The fraction of sp³-hybridized carbons (Fsp3) is 0.0909. The average molecular weight is 406 g/mol. The second-order valence-electron chi connectivity index (χ2n) is 6.24. The van der Waals surface area contributed by atoms with Crippen LogP contribution in [0, 0.1) is 22.1 Å². The van der Waals surface area contributed by atoms with Gasteiger partial charge < -0.3 is 0 Å². The lowest BCUT2D eigenvalue weighted by atomic mass is 10.1. The highest BCUT2D eigenvalue weighted by atomic mass is 32.2. The summed E-state index contributed by atoms with van der Waals surface area (Å²) in [5.41, 5.74) is 1.28. The maximum absolute atomic E-state index is 13.3. The molecule has 0 amide bonds. The zero-order valence-electron chi connectivity index (χ0n) is 15.6. The maximum Gasteiger partial charge on any atom is 0.271 e. The first-order valence-corrected chi connectivity index (χ1v) is 10.2. The molecule has 0 aliphatic carbocycles. The summed E-state index contributed by atoms with van der Waals surface area (Å²) in [4.78, 5) is 10.2. The summed E-state index contributed by atoms with van der Waals surface area (Å²) in [5.74, 6) is 2.89. The van der Waals surface area contributed by atoms with Crippen LogP contribution >= 0.6 is 0 Å². The van der Waals surface area contributed by atoms with E-state index in [1.54, 1.807) is 19.1 Å². The van der Waals surface area contributed by atoms with Gasteiger partial charge in [-0.15, -0.1) is 0 Å². The van der Waals surface area contributed by atoms with E-state index in [1.807, 2.05) is 48.5 Å². The van der Waals surface area contributed by atoms with Crippen molar-refractivity contribution in [3.05, 3.63) is 106 Å². The molecule has 0 saturated heterocycles. The number of hydrogen-bond donors (Lipinski definition) is 0. The Morgan fingerprint density at radius 1 is 0.897 bits per heavy atom. The third kappa shape index (κ3) is 4.62. The van der Waals surface area contributed by atoms with Crippen LogP contribution < -0.4 is 0 Å². The van der Waals surface area contributed by atoms with Gasteiger partial charge in [-0.25, -0.2) is 12.7 Å². The third-order valence-electron chi connectivity index (χ3n) is 4.32. The monoisotopic (exact) mass is 406 g/mol. The van der Waals surface area contributed by atoms with E-state index in [9.17, 15) is 18.5 Å². The van der Waals surface area contributed by atoms with E-state index in [0.717, 1.165) is 9.87 Å². The van der Waals surface area contributed by atoms with Gasteiger partial charge in [0.2, 0.25) is 0 Å². The number of benzene rings is 3. The summed E-state index contributed by atoms with van der Waals surface area (Å²) < 4.78 is 27.7. The first-order valence-electron chi connectivity index (χ1n) is 8.80. The van der Waals surface area contributed by atoms with E-state index in [1.165, 1.54) is 24.3 Å². The van der Waals surface area contributed by atoms with Crippen LogP contribution in [-0.2, 0) is 10.0 Å². The summed E-state index contributed by atoms with van der Waals surface area (Å²) in [6.45, 7) is 1.75. The molecule has 3 aromatic carbocycles. The number of nitrogens with zero attached hydrogens (tertiary/aromatic N) is 2. The number of nitro benzene ring substituents is 1. The number of rotatable bonds is 5. The van der Waals surface area contributed by atoms with E-state index in [2.05, 4.69) is 12.0 Å². The van der Waals surface area contributed by atoms with Crippen molar-refractivity contribution in [2.75, 3.05) is 0 Å². The third-order valence-corrected chi connectivity index (χ3v) is 6.12. The van der Waals surface area contributed by atoms with Crippen molar-refractivity contribution in [1.29, 1.82) is 0 Å². The van der Waals surface area contributed by atoms with Crippen molar-refractivity contribution < 1.29 is 13.3 Å². The lowest BCUT2D eigenvalue weighted by Gasteiger charge is -2.25. The topological polar surface area (TPSA) is 80.5 Å². The molecule has 1 unspecified atom stereocenters. The van der Waals surface area contributed by atoms with Crippen LogP contribution in [0.4, 0.5) is 5.69 Å². The lowest BCUT2D eigenvalue weighted by Crippen LogP contribution is -2.29. The molecule has 0 aliphatic heterocycles. The highest BCUT2D eigenvalue weighted by molar-refractivity contribution is 7.89. The fourth-order valence-electron chi connectivity index (χ4n) is 2.73. The van der Waals surface area contributed by atoms with Gasteiger partial charge in [0.1, 0.15) is 0 Å². The predicted molar refractivity (Wildman–Crippen MR) is 110 cm³/mol. The van der Waals surface area contributed by atoms with Gasteiger partial charge in [0, 0.05) is 23.7 Å². The van der Waals surface area contributed by atoms with E-state index < -0.39 is 21.0 Å². The molecule has 0 bridgehead atoms. The standard InChI is InChI=1S/C22H18N2O4S/c1-18(20-10-6-3-7-11-20)23(17-16-19-8-4-2-5-9-19)29(27,28)22-14-12-21(13-15-22)24(25)26/h2-15,18H,1H3. The summed E-state index contributed by atoms with van der Waals surface area (Å²) in [5, 5.41) is 10.9. The highest BCUT2D eigenvalue weighted by Gasteiger charge is 2.28. The van der Waals surface area contributed by atoms with Crippen LogP contribution in [0.5, 0.6) is 0 Å². The van der Waals surface area contributed by atoms with Crippen molar-refractivity contribution in [2.24, 2.45) is 0 Å². The molecule has 0 saturated carbocycles. The first kappa shape index (κ1) is 20.1. The average Bonchev–Trinajstić information content (AvgIpc) is 2.75. The van der Waals surface area contributed by atoms with Crippen molar-refractivity contribution in [3.63, 3.8) is 0 Å². The number of hydrogen-bond acceptors (Lipinski definition) is 4. The van der Waals surface area contributed by atoms with Crippen LogP contribution in [0.3, 0.4) is 0 Å². The molecule has 0 spiro atoms. The van der Waals surface area contributed by atoms with E-state index in [4.69, 9.17) is 0 Å². The Balaban J connectivity index is 2.06. The van der Waals surface area contributed by atoms with Gasteiger partial charge in [0.05, 0.1) is 15.9 Å². The zero-order chi connectivity index (χ0) is 20.9. The smallest absolute Gasteiger partial charge is 0.258 e. The lowest BCUT2D eigenvalue weighted by molar-refractivity contribution is -0.384. The summed E-state index contributed by atoms with van der Waals surface area (Å²) >= 11 is 0.